The molecular weight excluding hydrogens is 324 g/mol. The average Bonchev–Trinajstić information content (AvgIpc) is 2.72. The maximum absolute atomic E-state index is 5.97. The fourth-order valence-corrected chi connectivity index (χ4v) is 3.15. The molecule has 1 aliphatic heterocycles. The molecule has 5 nitrogen and oxygen atoms in total. The van der Waals surface area contributed by atoms with Gasteiger partial charge in [0.05, 0.1) is 6.67 Å². The largest absolute Gasteiger partial charge is 0.489 e. The summed E-state index contributed by atoms with van der Waals surface area (Å²) in [6.45, 7) is 3.31. The van der Waals surface area contributed by atoms with Crippen LogP contribution in [-0.4, -0.2) is 28.1 Å². The third-order valence-corrected chi connectivity index (χ3v) is 4.58. The molecule has 0 aliphatic carbocycles. The van der Waals surface area contributed by atoms with Crippen LogP contribution < -0.4 is 10.1 Å². The molecular formula is C21H22N4O. The molecule has 132 valence electrons. The topological polar surface area (TPSA) is 50.3 Å². The highest BCUT2D eigenvalue weighted by Gasteiger charge is 2.16. The number of nitrogens with zero attached hydrogens (tertiary/aromatic N) is 3. The van der Waals surface area contributed by atoms with Crippen LogP contribution in [0.1, 0.15) is 16.7 Å². The van der Waals surface area contributed by atoms with Crippen LogP contribution in [0.15, 0.2) is 67.1 Å². The van der Waals surface area contributed by atoms with Gasteiger partial charge in [0.15, 0.2) is 0 Å². The van der Waals surface area contributed by atoms with Crippen LogP contribution in [0.5, 0.6) is 5.75 Å². The average molecular weight is 346 g/mol. The Morgan fingerprint density at radius 2 is 1.96 bits per heavy atom. The Morgan fingerprint density at radius 3 is 2.81 bits per heavy atom. The van der Waals surface area contributed by atoms with Crippen molar-refractivity contribution >= 4 is 5.82 Å². The van der Waals surface area contributed by atoms with Gasteiger partial charge in [-0.3, -0.25) is 4.90 Å². The quantitative estimate of drug-likeness (QED) is 0.740. The lowest BCUT2D eigenvalue weighted by Crippen LogP contribution is -2.34. The van der Waals surface area contributed by atoms with Gasteiger partial charge in [-0.05, 0) is 41.3 Å². The molecule has 4 rings (SSSR count). The lowest BCUT2D eigenvalue weighted by molar-refractivity contribution is 0.269. The fraction of sp³-hybridized carbons (Fsp3) is 0.238. The highest BCUT2D eigenvalue weighted by atomic mass is 16.5. The van der Waals surface area contributed by atoms with Crippen molar-refractivity contribution < 1.29 is 4.74 Å². The zero-order chi connectivity index (χ0) is 17.6. The molecule has 1 aromatic heterocycles. The summed E-state index contributed by atoms with van der Waals surface area (Å²) < 4.78 is 5.97. The molecule has 0 bridgehead atoms. The van der Waals surface area contributed by atoms with E-state index >= 15 is 0 Å². The van der Waals surface area contributed by atoms with Gasteiger partial charge >= 0.3 is 0 Å². The molecule has 1 aliphatic rings. The number of aromatic nitrogens is 2. The van der Waals surface area contributed by atoms with Crippen LogP contribution in [0, 0.1) is 0 Å². The van der Waals surface area contributed by atoms with Crippen LogP contribution in [0.4, 0.5) is 5.82 Å². The minimum absolute atomic E-state index is 0.596. The molecule has 2 aromatic carbocycles. The van der Waals surface area contributed by atoms with Crippen LogP contribution >= 0.6 is 0 Å². The summed E-state index contributed by atoms with van der Waals surface area (Å²) in [5.41, 5.74) is 3.93. The number of benzene rings is 2. The first-order valence-electron chi connectivity index (χ1n) is 8.87. The van der Waals surface area contributed by atoms with Gasteiger partial charge in [0.2, 0.25) is 0 Å². The molecule has 0 radical (unpaired) electrons. The molecule has 2 heterocycles. The summed E-state index contributed by atoms with van der Waals surface area (Å²) in [6, 6.07) is 18.6. The molecule has 0 fully saturated rings. The Labute approximate surface area is 153 Å². The Morgan fingerprint density at radius 1 is 1.04 bits per heavy atom. The smallest absolute Gasteiger partial charge is 0.130 e. The summed E-state index contributed by atoms with van der Waals surface area (Å²) in [4.78, 5) is 10.5. The van der Waals surface area contributed by atoms with Gasteiger partial charge in [0, 0.05) is 19.3 Å². The zero-order valence-electron chi connectivity index (χ0n) is 14.6. The first-order valence-corrected chi connectivity index (χ1v) is 8.87. The summed E-state index contributed by atoms with van der Waals surface area (Å²) in [5.74, 6) is 1.78. The number of ether oxygens (including phenoxy) is 1. The maximum atomic E-state index is 5.97. The van der Waals surface area contributed by atoms with Gasteiger partial charge in [-0.2, -0.15) is 0 Å². The van der Waals surface area contributed by atoms with Gasteiger partial charge in [0.25, 0.3) is 0 Å². The maximum Gasteiger partial charge on any atom is 0.130 e. The normalized spacial score (nSPS) is 13.8. The van der Waals surface area contributed by atoms with Crippen molar-refractivity contribution in [2.24, 2.45) is 0 Å². The van der Waals surface area contributed by atoms with Crippen LogP contribution in [0.25, 0.3) is 0 Å². The molecule has 0 spiro atoms. The van der Waals surface area contributed by atoms with E-state index in [1.165, 1.54) is 16.7 Å². The monoisotopic (exact) mass is 346 g/mol. The van der Waals surface area contributed by atoms with Gasteiger partial charge in [-0.15, -0.1) is 0 Å². The SMILES string of the molecule is c1ccc(COc2ccc3c(c2)CN(CNc2ccncn2)CC3)cc1. The molecule has 0 amide bonds. The Bertz CT molecular complexity index is 839. The van der Waals surface area contributed by atoms with E-state index in [0.717, 1.165) is 37.7 Å². The molecule has 0 saturated carbocycles. The van der Waals surface area contributed by atoms with Crippen molar-refractivity contribution in [1.82, 2.24) is 14.9 Å². The van der Waals surface area contributed by atoms with E-state index in [1.807, 2.05) is 24.3 Å². The van der Waals surface area contributed by atoms with Crippen molar-refractivity contribution in [2.75, 3.05) is 18.5 Å². The summed E-state index contributed by atoms with van der Waals surface area (Å²) >= 11 is 0. The lowest BCUT2D eigenvalue weighted by Gasteiger charge is -2.29. The Hall–Kier alpha value is -2.92. The third kappa shape index (κ3) is 4.18. The molecule has 0 saturated heterocycles. The minimum Gasteiger partial charge on any atom is -0.489 e. The first-order chi connectivity index (χ1) is 12.9. The van der Waals surface area contributed by atoms with Crippen molar-refractivity contribution in [3.8, 4) is 5.75 Å². The second-order valence-electron chi connectivity index (χ2n) is 6.44. The number of hydrogen-bond acceptors (Lipinski definition) is 5. The van der Waals surface area contributed by atoms with E-state index in [4.69, 9.17) is 4.74 Å². The van der Waals surface area contributed by atoms with Crippen LogP contribution in [0.2, 0.25) is 0 Å². The van der Waals surface area contributed by atoms with Crippen molar-refractivity contribution in [2.45, 2.75) is 19.6 Å². The van der Waals surface area contributed by atoms with E-state index < -0.39 is 0 Å². The lowest BCUT2D eigenvalue weighted by atomic mass is 10.00. The molecule has 3 aromatic rings. The summed E-state index contributed by atoms with van der Waals surface area (Å²) in [5, 5.41) is 3.35. The highest BCUT2D eigenvalue weighted by Crippen LogP contribution is 2.24. The predicted octanol–water partition coefficient (Wildman–Crippen LogP) is 3.48. The summed E-state index contributed by atoms with van der Waals surface area (Å²) in [6.07, 6.45) is 4.36. The van der Waals surface area contributed by atoms with E-state index in [-0.39, 0.29) is 0 Å². The van der Waals surface area contributed by atoms with Gasteiger partial charge in [-0.1, -0.05) is 36.4 Å². The van der Waals surface area contributed by atoms with Crippen LogP contribution in [0.3, 0.4) is 0 Å². The number of fused-ring (bicyclic) bond motifs is 1. The molecule has 5 heteroatoms. The highest BCUT2D eigenvalue weighted by molar-refractivity contribution is 5.38. The van der Waals surface area contributed by atoms with Gasteiger partial charge in [-0.25, -0.2) is 9.97 Å². The fourth-order valence-electron chi connectivity index (χ4n) is 3.15. The standard InChI is InChI=1S/C21H22N4O/c1-2-4-17(5-3-1)14-26-20-7-6-18-9-11-25(13-19(18)12-20)16-24-21-8-10-22-15-23-21/h1-8,10,12,15H,9,11,13-14,16H2,(H,22,23,24). The zero-order valence-corrected chi connectivity index (χ0v) is 14.6. The van der Waals surface area contributed by atoms with Crippen molar-refractivity contribution in [3.63, 3.8) is 0 Å². The minimum atomic E-state index is 0.596. The first kappa shape index (κ1) is 16.5. The number of nitrogens with one attached hydrogen (secondary N) is 1. The molecule has 1 N–H and O–H groups in total. The van der Waals surface area contributed by atoms with Crippen LogP contribution in [-0.2, 0) is 19.6 Å². The third-order valence-electron chi connectivity index (χ3n) is 4.58. The summed E-state index contributed by atoms with van der Waals surface area (Å²) in [7, 11) is 0. The van der Waals surface area contributed by atoms with E-state index in [2.05, 4.69) is 50.5 Å². The second kappa shape index (κ2) is 7.97. The number of rotatable bonds is 6. The van der Waals surface area contributed by atoms with Gasteiger partial charge < -0.3 is 10.1 Å². The van der Waals surface area contributed by atoms with E-state index in [1.54, 1.807) is 12.5 Å². The second-order valence-corrected chi connectivity index (χ2v) is 6.44. The van der Waals surface area contributed by atoms with E-state index in [9.17, 15) is 0 Å². The Balaban J connectivity index is 1.36. The van der Waals surface area contributed by atoms with Gasteiger partial charge in [0.1, 0.15) is 24.5 Å². The molecule has 26 heavy (non-hydrogen) atoms. The predicted molar refractivity (Wildman–Crippen MR) is 102 cm³/mol. The van der Waals surface area contributed by atoms with Crippen molar-refractivity contribution in [3.05, 3.63) is 83.8 Å². The Kier molecular flexibility index (Phi) is 5.07. The van der Waals surface area contributed by atoms with Crippen molar-refractivity contribution in [1.29, 1.82) is 0 Å². The molecule has 0 atom stereocenters. The number of anilines is 1. The number of hydrogen-bond donors (Lipinski definition) is 1. The van der Waals surface area contributed by atoms with E-state index in [0.29, 0.717) is 6.61 Å². The molecule has 0 unspecified atom stereocenters.